The second kappa shape index (κ2) is 8.66. The zero-order chi connectivity index (χ0) is 20.1. The Bertz CT molecular complexity index is 813. The molecular formula is C15H15F4N5O2S. The lowest BCUT2D eigenvalue weighted by Gasteiger charge is -2.23. The molecule has 0 saturated carbocycles. The van der Waals surface area contributed by atoms with Crippen molar-refractivity contribution in [1.82, 2.24) is 15.2 Å². The summed E-state index contributed by atoms with van der Waals surface area (Å²) in [6.45, 7) is -0.734. The van der Waals surface area contributed by atoms with Crippen molar-refractivity contribution in [2.75, 3.05) is 12.1 Å². The van der Waals surface area contributed by atoms with Gasteiger partial charge in [0.05, 0.1) is 12.8 Å². The largest absolute Gasteiger partial charge is 0.497 e. The Morgan fingerprint density at radius 1 is 1.30 bits per heavy atom. The van der Waals surface area contributed by atoms with Crippen LogP contribution in [-0.4, -0.2) is 27.9 Å². The van der Waals surface area contributed by atoms with E-state index in [9.17, 15) is 22.4 Å². The van der Waals surface area contributed by atoms with E-state index in [4.69, 9.17) is 22.7 Å². The summed E-state index contributed by atoms with van der Waals surface area (Å²) < 4.78 is 56.9. The van der Waals surface area contributed by atoms with E-state index >= 15 is 0 Å². The molecular weight excluding hydrogens is 390 g/mol. The number of carbonyl (C=O) groups is 1. The van der Waals surface area contributed by atoms with Crippen LogP contribution in [0.25, 0.3) is 0 Å². The van der Waals surface area contributed by atoms with Crippen molar-refractivity contribution in [1.29, 1.82) is 0 Å². The summed E-state index contributed by atoms with van der Waals surface area (Å²) in [6.07, 6.45) is -6.12. The van der Waals surface area contributed by atoms with Crippen LogP contribution in [0, 0.1) is 0 Å². The van der Waals surface area contributed by atoms with E-state index < -0.39 is 36.7 Å². The third-order valence-electron chi connectivity index (χ3n) is 3.36. The molecule has 0 bridgehead atoms. The number of carbonyl (C=O) groups excluding carboxylic acids is 1. The zero-order valence-corrected chi connectivity index (χ0v) is 14.7. The van der Waals surface area contributed by atoms with Gasteiger partial charge < -0.3 is 10.5 Å². The van der Waals surface area contributed by atoms with Crippen LogP contribution in [0.2, 0.25) is 0 Å². The average Bonchev–Trinajstić information content (AvgIpc) is 3.04. The first-order chi connectivity index (χ1) is 12.7. The molecule has 1 aromatic carbocycles. The third-order valence-corrected chi connectivity index (χ3v) is 3.54. The number of nitrogens with one attached hydrogen (secondary N) is 1. The number of amides is 1. The maximum atomic E-state index is 13.0. The number of alkyl halides is 4. The van der Waals surface area contributed by atoms with Crippen LogP contribution >= 0.6 is 12.2 Å². The van der Waals surface area contributed by atoms with E-state index in [0.29, 0.717) is 22.2 Å². The van der Waals surface area contributed by atoms with Gasteiger partial charge in [-0.25, -0.2) is 22.6 Å². The van der Waals surface area contributed by atoms with Gasteiger partial charge in [0.1, 0.15) is 23.7 Å². The Morgan fingerprint density at radius 3 is 2.41 bits per heavy atom. The molecule has 146 valence electrons. The average molecular weight is 405 g/mol. The lowest BCUT2D eigenvalue weighted by Crippen LogP contribution is -2.50. The van der Waals surface area contributed by atoms with E-state index in [0.717, 1.165) is 5.01 Å². The number of aromatic nitrogens is 2. The second-order valence-corrected chi connectivity index (χ2v) is 5.58. The van der Waals surface area contributed by atoms with Crippen molar-refractivity contribution in [2.45, 2.75) is 19.4 Å². The number of ether oxygens (including phenoxy) is 1. The van der Waals surface area contributed by atoms with Crippen molar-refractivity contribution in [2.24, 2.45) is 5.73 Å². The summed E-state index contributed by atoms with van der Waals surface area (Å²) in [5.41, 5.74) is 6.62. The van der Waals surface area contributed by atoms with Gasteiger partial charge >= 0.3 is 0 Å². The predicted octanol–water partition coefficient (Wildman–Crippen LogP) is 2.55. The number of thiocarbonyl (C=S) groups is 1. The van der Waals surface area contributed by atoms with Gasteiger partial charge in [-0.15, -0.1) is 0 Å². The van der Waals surface area contributed by atoms with Gasteiger partial charge in [0.2, 0.25) is 0 Å². The van der Waals surface area contributed by atoms with Crippen LogP contribution in [0.1, 0.15) is 24.2 Å². The quantitative estimate of drug-likeness (QED) is 0.437. The molecule has 1 amide bonds. The van der Waals surface area contributed by atoms with Gasteiger partial charge in [-0.3, -0.25) is 14.9 Å². The molecule has 1 heterocycles. The van der Waals surface area contributed by atoms with Gasteiger partial charge in [0.15, 0.2) is 5.11 Å². The molecule has 7 nitrogen and oxygen atoms in total. The lowest BCUT2D eigenvalue weighted by molar-refractivity contribution is -0.121. The van der Waals surface area contributed by atoms with Gasteiger partial charge in [-0.1, -0.05) is 0 Å². The van der Waals surface area contributed by atoms with Crippen LogP contribution < -0.4 is 20.9 Å². The van der Waals surface area contributed by atoms with Crippen molar-refractivity contribution >= 4 is 28.9 Å². The zero-order valence-electron chi connectivity index (χ0n) is 13.9. The molecule has 3 N–H and O–H groups in total. The molecule has 0 spiro atoms. The summed E-state index contributed by atoms with van der Waals surface area (Å²) in [5, 5.41) is 4.16. The molecule has 0 fully saturated rings. The number of benzene rings is 1. The molecule has 0 aliphatic heterocycles. The number of nitrogens with two attached hydrogens (primary N) is 1. The highest BCUT2D eigenvalue weighted by Crippen LogP contribution is 2.25. The summed E-state index contributed by atoms with van der Waals surface area (Å²) in [7, 11) is 1.47. The number of halogens is 4. The number of hydrogen-bond donors (Lipinski definition) is 2. The first kappa shape index (κ1) is 20.4. The monoisotopic (exact) mass is 405 g/mol. The molecule has 0 aliphatic carbocycles. The van der Waals surface area contributed by atoms with E-state index in [1.165, 1.54) is 7.11 Å². The third kappa shape index (κ3) is 5.06. The smallest absolute Gasteiger partial charge is 0.282 e. The van der Waals surface area contributed by atoms with E-state index in [-0.39, 0.29) is 5.11 Å². The minimum atomic E-state index is -3.08. The van der Waals surface area contributed by atoms with Gasteiger partial charge in [-0.05, 0) is 42.5 Å². The Kier molecular flexibility index (Phi) is 6.55. The Balaban J connectivity index is 2.17. The molecule has 2 aromatic rings. The van der Waals surface area contributed by atoms with Gasteiger partial charge in [-0.2, -0.15) is 5.10 Å². The second-order valence-electron chi connectivity index (χ2n) is 5.16. The molecule has 0 unspecified atom stereocenters. The van der Waals surface area contributed by atoms with Crippen molar-refractivity contribution in [3.8, 4) is 5.75 Å². The van der Waals surface area contributed by atoms with Crippen LogP contribution in [-0.2, 0) is 11.3 Å². The highest BCUT2D eigenvalue weighted by atomic mass is 32.1. The number of anilines is 1. The number of hydrazine groups is 1. The molecule has 0 aliphatic rings. The Hall–Kier alpha value is -2.89. The van der Waals surface area contributed by atoms with Gasteiger partial charge in [0.25, 0.3) is 18.8 Å². The fourth-order valence-electron chi connectivity index (χ4n) is 2.14. The van der Waals surface area contributed by atoms with Crippen LogP contribution in [0.4, 0.5) is 23.2 Å². The maximum Gasteiger partial charge on any atom is 0.282 e. The molecule has 12 heteroatoms. The van der Waals surface area contributed by atoms with Crippen molar-refractivity contribution in [3.05, 3.63) is 41.7 Å². The predicted molar refractivity (Wildman–Crippen MR) is 92.5 cm³/mol. The van der Waals surface area contributed by atoms with Crippen LogP contribution in [0.15, 0.2) is 30.3 Å². The normalized spacial score (nSPS) is 10.9. The van der Waals surface area contributed by atoms with Gasteiger partial charge in [0, 0.05) is 0 Å². The molecule has 0 atom stereocenters. The van der Waals surface area contributed by atoms with E-state index in [1.807, 2.05) is 0 Å². The standard InChI is InChI=1S/C15H15F4N5O2S/c1-26-9-4-2-8(3-5-9)24(15(20)27)22-12(25)7-23-11(14(18)19)6-10(21-23)13(16)17/h2-6,13-14H,7H2,1H3,(H2,20,27)(H,22,25). The molecule has 1 aromatic heterocycles. The SMILES string of the molecule is COc1ccc(N(NC(=O)Cn2nc(C(F)F)cc2C(F)F)C(N)=S)cc1. The number of nitrogens with zero attached hydrogens (tertiary/aromatic N) is 3. The van der Waals surface area contributed by atoms with Crippen molar-refractivity contribution in [3.63, 3.8) is 0 Å². The molecule has 0 saturated heterocycles. The van der Waals surface area contributed by atoms with Crippen molar-refractivity contribution < 1.29 is 27.1 Å². The minimum Gasteiger partial charge on any atom is -0.497 e. The highest BCUT2D eigenvalue weighted by molar-refractivity contribution is 7.80. The van der Waals surface area contributed by atoms with Crippen LogP contribution in [0.3, 0.4) is 0 Å². The summed E-state index contributed by atoms with van der Waals surface area (Å²) in [4.78, 5) is 12.2. The molecule has 0 radical (unpaired) electrons. The number of methoxy groups -OCH3 is 1. The Morgan fingerprint density at radius 2 is 1.93 bits per heavy atom. The fraction of sp³-hybridized carbons (Fsp3) is 0.267. The number of hydrogen-bond acceptors (Lipinski definition) is 4. The van der Waals surface area contributed by atoms with E-state index in [2.05, 4.69) is 10.5 Å². The maximum absolute atomic E-state index is 13.0. The summed E-state index contributed by atoms with van der Waals surface area (Å²) in [5.74, 6) is -0.296. The first-order valence-electron chi connectivity index (χ1n) is 7.40. The number of rotatable bonds is 6. The Labute approximate surface area is 156 Å². The van der Waals surface area contributed by atoms with E-state index in [1.54, 1.807) is 24.3 Å². The fourth-order valence-corrected chi connectivity index (χ4v) is 2.29. The topological polar surface area (TPSA) is 85.4 Å². The highest BCUT2D eigenvalue weighted by Gasteiger charge is 2.23. The minimum absolute atomic E-state index is 0.226. The van der Waals surface area contributed by atoms with Crippen LogP contribution in [0.5, 0.6) is 5.75 Å². The lowest BCUT2D eigenvalue weighted by atomic mass is 10.3. The first-order valence-corrected chi connectivity index (χ1v) is 7.80. The molecule has 2 rings (SSSR count). The summed E-state index contributed by atoms with van der Waals surface area (Å²) in [6, 6.07) is 6.82. The summed E-state index contributed by atoms with van der Waals surface area (Å²) >= 11 is 4.87. The molecule has 27 heavy (non-hydrogen) atoms.